The van der Waals surface area contributed by atoms with Crippen LogP contribution in [0, 0.1) is 0 Å². The number of rotatable bonds is 4. The van der Waals surface area contributed by atoms with Gasteiger partial charge in [0.25, 0.3) is 0 Å². The molecule has 4 heteroatoms. The Labute approximate surface area is 115 Å². The average molecular weight is 266 g/mol. The number of carbonyl (C=O) groups excluding carboxylic acids is 2. The molecule has 0 aromatic rings. The lowest BCUT2D eigenvalue weighted by atomic mass is 9.86. The number of amides is 2. The van der Waals surface area contributed by atoms with Gasteiger partial charge in [0.2, 0.25) is 11.8 Å². The summed E-state index contributed by atoms with van der Waals surface area (Å²) in [7, 11) is 0. The highest BCUT2D eigenvalue weighted by Crippen LogP contribution is 2.40. The molecule has 2 aliphatic rings. The third-order valence-electron chi connectivity index (χ3n) is 4.76. The van der Waals surface area contributed by atoms with Gasteiger partial charge in [-0.05, 0) is 32.6 Å². The van der Waals surface area contributed by atoms with Crippen LogP contribution in [-0.4, -0.2) is 34.3 Å². The van der Waals surface area contributed by atoms with Crippen LogP contribution in [0.5, 0.6) is 0 Å². The molecule has 1 saturated carbocycles. The van der Waals surface area contributed by atoms with Gasteiger partial charge in [0, 0.05) is 6.04 Å². The summed E-state index contributed by atoms with van der Waals surface area (Å²) in [5, 5.41) is 2.98. The summed E-state index contributed by atoms with van der Waals surface area (Å²) in [6.45, 7) is 6.20. The molecule has 0 aromatic heterocycles. The molecule has 1 aliphatic heterocycles. The summed E-state index contributed by atoms with van der Waals surface area (Å²) in [5.41, 5.74) is -0.545. The van der Waals surface area contributed by atoms with E-state index in [4.69, 9.17) is 0 Å². The molecule has 19 heavy (non-hydrogen) atoms. The van der Waals surface area contributed by atoms with Gasteiger partial charge in [-0.3, -0.25) is 9.59 Å². The van der Waals surface area contributed by atoms with Crippen LogP contribution < -0.4 is 5.32 Å². The van der Waals surface area contributed by atoms with Crippen LogP contribution >= 0.6 is 0 Å². The minimum atomic E-state index is -0.545. The molecular formula is C15H26N2O2. The maximum absolute atomic E-state index is 12.7. The fourth-order valence-electron chi connectivity index (χ4n) is 3.58. The Morgan fingerprint density at radius 2 is 1.95 bits per heavy atom. The quantitative estimate of drug-likeness (QED) is 0.848. The highest BCUT2D eigenvalue weighted by molar-refractivity contribution is 6.00. The standard InChI is InChI=1S/C15H26N2O2/c1-4-8-12-13(18)17(11(3)5-2)15(14(19)16-12)9-6-7-10-15/h11-12H,4-10H2,1-3H3,(H,16,19). The Kier molecular flexibility index (Phi) is 4.16. The van der Waals surface area contributed by atoms with Crippen molar-refractivity contribution in [2.45, 2.75) is 83.3 Å². The number of hydrogen-bond donors (Lipinski definition) is 1. The van der Waals surface area contributed by atoms with Gasteiger partial charge in [0.05, 0.1) is 0 Å². The van der Waals surface area contributed by atoms with Gasteiger partial charge >= 0.3 is 0 Å². The normalized spacial score (nSPS) is 27.7. The van der Waals surface area contributed by atoms with Gasteiger partial charge in [-0.1, -0.05) is 33.1 Å². The fraction of sp³-hybridized carbons (Fsp3) is 0.867. The molecule has 108 valence electrons. The Hall–Kier alpha value is -1.06. The summed E-state index contributed by atoms with van der Waals surface area (Å²) in [5.74, 6) is 0.223. The lowest BCUT2D eigenvalue weighted by Gasteiger charge is -2.49. The largest absolute Gasteiger partial charge is 0.342 e. The smallest absolute Gasteiger partial charge is 0.246 e. The maximum Gasteiger partial charge on any atom is 0.246 e. The zero-order chi connectivity index (χ0) is 14.0. The van der Waals surface area contributed by atoms with E-state index in [-0.39, 0.29) is 23.9 Å². The van der Waals surface area contributed by atoms with Crippen molar-refractivity contribution in [3.8, 4) is 0 Å². The molecule has 2 amide bonds. The fourth-order valence-corrected chi connectivity index (χ4v) is 3.58. The topological polar surface area (TPSA) is 49.4 Å². The first-order valence-electron chi connectivity index (χ1n) is 7.71. The minimum Gasteiger partial charge on any atom is -0.342 e. The highest BCUT2D eigenvalue weighted by Gasteiger charge is 2.54. The lowest BCUT2D eigenvalue weighted by molar-refractivity contribution is -0.160. The number of piperazine rings is 1. The first kappa shape index (κ1) is 14.4. The SMILES string of the molecule is CCCC1NC(=O)C2(CCCC2)N(C(C)CC)C1=O. The van der Waals surface area contributed by atoms with E-state index in [1.807, 2.05) is 11.8 Å². The number of nitrogens with one attached hydrogen (secondary N) is 1. The van der Waals surface area contributed by atoms with Crippen molar-refractivity contribution in [2.24, 2.45) is 0 Å². The highest BCUT2D eigenvalue weighted by atomic mass is 16.2. The third kappa shape index (κ3) is 2.26. The van der Waals surface area contributed by atoms with Crippen LogP contribution in [0.25, 0.3) is 0 Å². The van der Waals surface area contributed by atoms with Crippen LogP contribution in [0.4, 0.5) is 0 Å². The van der Waals surface area contributed by atoms with E-state index in [0.717, 1.165) is 44.9 Å². The van der Waals surface area contributed by atoms with E-state index in [9.17, 15) is 9.59 Å². The first-order chi connectivity index (χ1) is 9.06. The molecule has 2 fully saturated rings. The predicted octanol–water partition coefficient (Wildman–Crippen LogP) is 2.22. The Balaban J connectivity index is 2.33. The molecule has 1 spiro atoms. The first-order valence-corrected chi connectivity index (χ1v) is 7.71. The van der Waals surface area contributed by atoms with Crippen LogP contribution in [0.3, 0.4) is 0 Å². The van der Waals surface area contributed by atoms with Crippen molar-refractivity contribution >= 4 is 11.8 Å². The molecule has 1 saturated heterocycles. The van der Waals surface area contributed by atoms with Crippen LogP contribution in [0.1, 0.15) is 65.7 Å². The van der Waals surface area contributed by atoms with Crippen molar-refractivity contribution in [1.82, 2.24) is 10.2 Å². The number of hydrogen-bond acceptors (Lipinski definition) is 2. The molecule has 0 bridgehead atoms. The van der Waals surface area contributed by atoms with Gasteiger partial charge in [-0.15, -0.1) is 0 Å². The van der Waals surface area contributed by atoms with E-state index in [0.29, 0.717) is 0 Å². The maximum atomic E-state index is 12.7. The van der Waals surface area contributed by atoms with Crippen molar-refractivity contribution in [3.63, 3.8) is 0 Å². The molecule has 0 radical (unpaired) electrons. The number of carbonyl (C=O) groups is 2. The van der Waals surface area contributed by atoms with Crippen molar-refractivity contribution in [3.05, 3.63) is 0 Å². The molecule has 4 nitrogen and oxygen atoms in total. The van der Waals surface area contributed by atoms with E-state index >= 15 is 0 Å². The van der Waals surface area contributed by atoms with E-state index < -0.39 is 5.54 Å². The van der Waals surface area contributed by atoms with Gasteiger partial charge < -0.3 is 10.2 Å². The molecule has 1 N–H and O–H groups in total. The van der Waals surface area contributed by atoms with E-state index in [1.165, 1.54) is 0 Å². The average Bonchev–Trinajstić information content (AvgIpc) is 2.86. The van der Waals surface area contributed by atoms with Crippen molar-refractivity contribution in [1.29, 1.82) is 0 Å². The molecule has 2 unspecified atom stereocenters. The second kappa shape index (κ2) is 5.51. The number of nitrogens with zero attached hydrogens (tertiary/aromatic N) is 1. The minimum absolute atomic E-state index is 0.0864. The predicted molar refractivity (Wildman–Crippen MR) is 74.6 cm³/mol. The monoisotopic (exact) mass is 266 g/mol. The van der Waals surface area contributed by atoms with Crippen molar-refractivity contribution in [2.75, 3.05) is 0 Å². The van der Waals surface area contributed by atoms with Gasteiger partial charge in [0.1, 0.15) is 11.6 Å². The third-order valence-corrected chi connectivity index (χ3v) is 4.76. The zero-order valence-electron chi connectivity index (χ0n) is 12.4. The summed E-state index contributed by atoms with van der Waals surface area (Å²) >= 11 is 0. The molecular weight excluding hydrogens is 240 g/mol. The van der Waals surface area contributed by atoms with Crippen molar-refractivity contribution < 1.29 is 9.59 Å². The van der Waals surface area contributed by atoms with Crippen LogP contribution in [0.15, 0.2) is 0 Å². The Bertz CT molecular complexity index is 361. The van der Waals surface area contributed by atoms with Gasteiger partial charge in [-0.2, -0.15) is 0 Å². The summed E-state index contributed by atoms with van der Waals surface area (Å²) in [6.07, 6.45) is 6.31. The summed E-state index contributed by atoms with van der Waals surface area (Å²) in [6, 6.07) is -0.159. The van der Waals surface area contributed by atoms with E-state index in [1.54, 1.807) is 0 Å². The second-order valence-electron chi connectivity index (χ2n) is 6.02. The molecule has 1 aliphatic carbocycles. The van der Waals surface area contributed by atoms with E-state index in [2.05, 4.69) is 19.2 Å². The van der Waals surface area contributed by atoms with Crippen LogP contribution in [0.2, 0.25) is 0 Å². The summed E-state index contributed by atoms with van der Waals surface area (Å²) < 4.78 is 0. The molecule has 1 heterocycles. The van der Waals surface area contributed by atoms with Gasteiger partial charge in [-0.25, -0.2) is 0 Å². The Morgan fingerprint density at radius 1 is 1.32 bits per heavy atom. The zero-order valence-corrected chi connectivity index (χ0v) is 12.4. The Morgan fingerprint density at radius 3 is 2.47 bits per heavy atom. The molecule has 2 atom stereocenters. The molecule has 2 rings (SSSR count). The van der Waals surface area contributed by atoms with Crippen LogP contribution in [-0.2, 0) is 9.59 Å². The molecule has 0 aromatic carbocycles. The van der Waals surface area contributed by atoms with Gasteiger partial charge in [0.15, 0.2) is 0 Å². The lowest BCUT2D eigenvalue weighted by Crippen LogP contribution is -2.71. The summed E-state index contributed by atoms with van der Waals surface area (Å²) in [4.78, 5) is 27.2. The second-order valence-corrected chi connectivity index (χ2v) is 6.02.